The fourth-order valence-corrected chi connectivity index (χ4v) is 3.87. The van der Waals surface area contributed by atoms with Gasteiger partial charge in [0.05, 0.1) is 17.9 Å². The number of aryl methyl sites for hydroxylation is 1. The SMILES string of the molecule is Cc1nnc(SCc2nnc(-c3ccccc3Br)o2)n1Cc1ccccc1. The highest BCUT2D eigenvalue weighted by Crippen LogP contribution is 2.28. The maximum absolute atomic E-state index is 5.81. The van der Waals surface area contributed by atoms with Crippen LogP contribution in [0.1, 0.15) is 17.3 Å². The predicted molar refractivity (Wildman–Crippen MR) is 107 cm³/mol. The second-order valence-electron chi connectivity index (χ2n) is 5.87. The first-order valence-electron chi connectivity index (χ1n) is 8.34. The molecule has 0 amide bonds. The monoisotopic (exact) mass is 441 g/mol. The highest BCUT2D eigenvalue weighted by molar-refractivity contribution is 9.10. The topological polar surface area (TPSA) is 69.6 Å². The van der Waals surface area contributed by atoms with Crippen LogP contribution in [-0.4, -0.2) is 25.0 Å². The molecular formula is C19H16BrN5OS. The van der Waals surface area contributed by atoms with Crippen LogP contribution in [0.4, 0.5) is 0 Å². The molecule has 2 aromatic heterocycles. The van der Waals surface area contributed by atoms with Crippen molar-refractivity contribution in [3.05, 3.63) is 76.3 Å². The van der Waals surface area contributed by atoms with Gasteiger partial charge in [0.2, 0.25) is 11.8 Å². The van der Waals surface area contributed by atoms with Crippen LogP contribution in [-0.2, 0) is 12.3 Å². The molecule has 136 valence electrons. The summed E-state index contributed by atoms with van der Waals surface area (Å²) >= 11 is 5.04. The third kappa shape index (κ3) is 4.12. The Morgan fingerprint density at radius 2 is 1.74 bits per heavy atom. The molecule has 27 heavy (non-hydrogen) atoms. The average Bonchev–Trinajstić information content (AvgIpc) is 3.29. The van der Waals surface area contributed by atoms with Crippen LogP contribution in [0.2, 0.25) is 0 Å². The number of aromatic nitrogens is 5. The minimum atomic E-state index is 0.500. The number of nitrogens with zero attached hydrogens (tertiary/aromatic N) is 5. The standard InChI is InChI=1S/C19H16BrN5OS/c1-13-21-24-19(25(13)11-14-7-3-2-4-8-14)27-12-17-22-23-18(26-17)15-9-5-6-10-16(15)20/h2-10H,11-12H2,1H3. The van der Waals surface area contributed by atoms with Crippen LogP contribution in [0.15, 0.2) is 68.6 Å². The van der Waals surface area contributed by atoms with E-state index in [1.54, 1.807) is 0 Å². The summed E-state index contributed by atoms with van der Waals surface area (Å²) in [5.74, 6) is 2.46. The summed E-state index contributed by atoms with van der Waals surface area (Å²) in [5, 5.41) is 17.6. The molecule has 6 nitrogen and oxygen atoms in total. The molecule has 4 rings (SSSR count). The van der Waals surface area contributed by atoms with Gasteiger partial charge < -0.3 is 8.98 Å². The van der Waals surface area contributed by atoms with E-state index in [-0.39, 0.29) is 0 Å². The van der Waals surface area contributed by atoms with E-state index in [1.165, 1.54) is 17.3 Å². The first-order valence-corrected chi connectivity index (χ1v) is 10.1. The Morgan fingerprint density at radius 3 is 2.56 bits per heavy atom. The Labute approximate surface area is 169 Å². The molecule has 8 heteroatoms. The second kappa shape index (κ2) is 8.06. The molecular weight excluding hydrogens is 426 g/mol. The molecule has 0 atom stereocenters. The lowest BCUT2D eigenvalue weighted by molar-refractivity contribution is 0.528. The molecule has 0 saturated carbocycles. The summed E-state index contributed by atoms with van der Waals surface area (Å²) in [6, 6.07) is 18.0. The molecule has 2 heterocycles. The quantitative estimate of drug-likeness (QED) is 0.402. The van der Waals surface area contributed by atoms with E-state index in [2.05, 4.69) is 53.0 Å². The molecule has 0 spiro atoms. The molecule has 0 bridgehead atoms. The van der Waals surface area contributed by atoms with E-state index >= 15 is 0 Å². The van der Waals surface area contributed by atoms with Crippen LogP contribution in [0.3, 0.4) is 0 Å². The van der Waals surface area contributed by atoms with Gasteiger partial charge in [-0.1, -0.05) is 54.2 Å². The van der Waals surface area contributed by atoms with E-state index in [4.69, 9.17) is 4.42 Å². The van der Waals surface area contributed by atoms with Crippen LogP contribution in [0.5, 0.6) is 0 Å². The first-order chi connectivity index (χ1) is 13.2. The summed E-state index contributed by atoms with van der Waals surface area (Å²) in [6.45, 7) is 2.69. The van der Waals surface area contributed by atoms with E-state index in [0.717, 1.165) is 27.6 Å². The third-order valence-electron chi connectivity index (χ3n) is 3.98. The van der Waals surface area contributed by atoms with Gasteiger partial charge in [-0.05, 0) is 40.5 Å². The van der Waals surface area contributed by atoms with E-state index in [1.807, 2.05) is 49.4 Å². The predicted octanol–water partition coefficient (Wildman–Crippen LogP) is 4.74. The zero-order chi connectivity index (χ0) is 18.6. The maximum atomic E-state index is 5.81. The molecule has 0 radical (unpaired) electrons. The highest BCUT2D eigenvalue weighted by atomic mass is 79.9. The molecule has 0 aliphatic carbocycles. The van der Waals surface area contributed by atoms with Crippen LogP contribution >= 0.6 is 27.7 Å². The third-order valence-corrected chi connectivity index (χ3v) is 5.62. The van der Waals surface area contributed by atoms with Crippen molar-refractivity contribution in [2.75, 3.05) is 0 Å². The lowest BCUT2D eigenvalue weighted by atomic mass is 10.2. The Morgan fingerprint density at radius 1 is 0.963 bits per heavy atom. The van der Waals surface area contributed by atoms with Gasteiger partial charge in [0, 0.05) is 4.47 Å². The van der Waals surface area contributed by atoms with E-state index in [9.17, 15) is 0 Å². The average molecular weight is 442 g/mol. The lowest BCUT2D eigenvalue weighted by Gasteiger charge is -2.07. The zero-order valence-electron chi connectivity index (χ0n) is 14.5. The van der Waals surface area contributed by atoms with E-state index < -0.39 is 0 Å². The molecule has 0 fully saturated rings. The Kier molecular flexibility index (Phi) is 5.35. The Bertz CT molecular complexity index is 1050. The van der Waals surface area contributed by atoms with Crippen molar-refractivity contribution in [3.8, 4) is 11.5 Å². The first kappa shape index (κ1) is 17.9. The Balaban J connectivity index is 1.48. The van der Waals surface area contributed by atoms with Gasteiger partial charge in [-0.25, -0.2) is 0 Å². The van der Waals surface area contributed by atoms with Crippen molar-refractivity contribution < 1.29 is 4.42 Å². The molecule has 0 saturated heterocycles. The number of hydrogen-bond donors (Lipinski definition) is 0. The van der Waals surface area contributed by atoms with Gasteiger partial charge in [0.25, 0.3) is 0 Å². The van der Waals surface area contributed by atoms with Gasteiger partial charge in [-0.15, -0.1) is 20.4 Å². The summed E-state index contributed by atoms with van der Waals surface area (Å²) in [4.78, 5) is 0. The molecule has 0 aliphatic rings. The normalized spacial score (nSPS) is 11.0. The van der Waals surface area contributed by atoms with E-state index in [0.29, 0.717) is 17.5 Å². The summed E-state index contributed by atoms with van der Waals surface area (Å²) in [5.41, 5.74) is 2.08. The lowest BCUT2D eigenvalue weighted by Crippen LogP contribution is -2.03. The van der Waals surface area contributed by atoms with Crippen molar-refractivity contribution >= 4 is 27.7 Å². The largest absolute Gasteiger partial charge is 0.420 e. The number of benzene rings is 2. The summed E-state index contributed by atoms with van der Waals surface area (Å²) < 4.78 is 8.82. The molecule has 2 aromatic carbocycles. The molecule has 4 aromatic rings. The van der Waals surface area contributed by atoms with Crippen molar-refractivity contribution in [1.29, 1.82) is 0 Å². The van der Waals surface area contributed by atoms with Crippen molar-refractivity contribution in [1.82, 2.24) is 25.0 Å². The second-order valence-corrected chi connectivity index (χ2v) is 7.67. The molecule has 0 N–H and O–H groups in total. The van der Waals surface area contributed by atoms with Gasteiger partial charge in [0.15, 0.2) is 5.16 Å². The maximum Gasteiger partial charge on any atom is 0.248 e. The van der Waals surface area contributed by atoms with Gasteiger partial charge >= 0.3 is 0 Å². The minimum absolute atomic E-state index is 0.500. The number of rotatable bonds is 6. The minimum Gasteiger partial charge on any atom is -0.420 e. The fourth-order valence-electron chi connectivity index (χ4n) is 2.60. The van der Waals surface area contributed by atoms with Crippen molar-refractivity contribution in [2.24, 2.45) is 0 Å². The molecule has 0 unspecified atom stereocenters. The van der Waals surface area contributed by atoms with Crippen molar-refractivity contribution in [3.63, 3.8) is 0 Å². The van der Waals surface area contributed by atoms with Crippen LogP contribution in [0.25, 0.3) is 11.5 Å². The van der Waals surface area contributed by atoms with Crippen molar-refractivity contribution in [2.45, 2.75) is 24.4 Å². The highest BCUT2D eigenvalue weighted by Gasteiger charge is 2.14. The fraction of sp³-hybridized carbons (Fsp3) is 0.158. The molecule has 0 aliphatic heterocycles. The smallest absolute Gasteiger partial charge is 0.248 e. The van der Waals surface area contributed by atoms with Gasteiger partial charge in [0.1, 0.15) is 5.82 Å². The van der Waals surface area contributed by atoms with Gasteiger partial charge in [-0.2, -0.15) is 0 Å². The van der Waals surface area contributed by atoms with Gasteiger partial charge in [-0.3, -0.25) is 0 Å². The number of halogens is 1. The van der Waals surface area contributed by atoms with Crippen LogP contribution < -0.4 is 0 Å². The summed E-state index contributed by atoms with van der Waals surface area (Å²) in [7, 11) is 0. The number of hydrogen-bond acceptors (Lipinski definition) is 6. The van der Waals surface area contributed by atoms with Crippen LogP contribution in [0, 0.1) is 6.92 Å². The summed E-state index contributed by atoms with van der Waals surface area (Å²) in [6.07, 6.45) is 0. The number of thioether (sulfide) groups is 1. The Hall–Kier alpha value is -2.45. The zero-order valence-corrected chi connectivity index (χ0v) is 16.9.